The van der Waals surface area contributed by atoms with Crippen LogP contribution in [0.15, 0.2) is 18.2 Å². The normalized spacial score (nSPS) is 23.9. The van der Waals surface area contributed by atoms with E-state index in [-0.39, 0.29) is 0 Å². The number of fused-ring (bicyclic) bond motifs is 1. The summed E-state index contributed by atoms with van der Waals surface area (Å²) in [5.41, 5.74) is 7.93. The maximum Gasteiger partial charge on any atom is 0.112 e. The van der Waals surface area contributed by atoms with Crippen LogP contribution in [0.2, 0.25) is 5.02 Å². The molecule has 0 amide bonds. The molecule has 0 bridgehead atoms. The number of aromatic nitrogens is 2. The van der Waals surface area contributed by atoms with Crippen molar-refractivity contribution in [3.63, 3.8) is 0 Å². The van der Waals surface area contributed by atoms with E-state index >= 15 is 0 Å². The summed E-state index contributed by atoms with van der Waals surface area (Å²) in [6, 6.07) is 5.91. The van der Waals surface area contributed by atoms with Crippen molar-refractivity contribution < 1.29 is 0 Å². The summed E-state index contributed by atoms with van der Waals surface area (Å²) in [5, 5.41) is 0.772. The summed E-state index contributed by atoms with van der Waals surface area (Å²) < 4.78 is 2.20. The van der Waals surface area contributed by atoms with Crippen LogP contribution >= 0.6 is 11.6 Å². The van der Waals surface area contributed by atoms with Crippen LogP contribution in [0.4, 0.5) is 0 Å². The molecule has 3 rings (SSSR count). The predicted molar refractivity (Wildman–Crippen MR) is 79.5 cm³/mol. The molecule has 1 saturated carbocycles. The Morgan fingerprint density at radius 1 is 1.32 bits per heavy atom. The first-order chi connectivity index (χ1) is 9.19. The largest absolute Gasteiger partial charge is 0.331 e. The summed E-state index contributed by atoms with van der Waals surface area (Å²) in [6.45, 7) is 0.824. The zero-order chi connectivity index (χ0) is 13.4. The van der Waals surface area contributed by atoms with E-state index in [0.29, 0.717) is 11.8 Å². The highest BCUT2D eigenvalue weighted by atomic mass is 35.5. The maximum atomic E-state index is 6.07. The van der Waals surface area contributed by atoms with E-state index in [1.807, 2.05) is 18.2 Å². The second kappa shape index (κ2) is 5.14. The Bertz CT molecular complexity index is 582. The fourth-order valence-corrected chi connectivity index (χ4v) is 3.37. The number of nitrogens with two attached hydrogens (primary N) is 1. The fraction of sp³-hybridized carbons (Fsp3) is 0.533. The average Bonchev–Trinajstić information content (AvgIpc) is 2.76. The van der Waals surface area contributed by atoms with Gasteiger partial charge in [-0.2, -0.15) is 0 Å². The number of hydrogen-bond donors (Lipinski definition) is 1. The number of nitrogens with zero attached hydrogens (tertiary/aromatic N) is 2. The average molecular weight is 278 g/mol. The lowest BCUT2D eigenvalue weighted by Gasteiger charge is -2.27. The molecular formula is C15H20ClN3. The van der Waals surface area contributed by atoms with Gasteiger partial charge in [0.05, 0.1) is 11.0 Å². The Morgan fingerprint density at radius 3 is 2.74 bits per heavy atom. The first-order valence-electron chi connectivity index (χ1n) is 7.01. The van der Waals surface area contributed by atoms with Gasteiger partial charge in [-0.3, -0.25) is 0 Å². The third kappa shape index (κ3) is 2.37. The fourth-order valence-electron chi connectivity index (χ4n) is 3.20. The van der Waals surface area contributed by atoms with Crippen LogP contribution in [0.3, 0.4) is 0 Å². The smallest absolute Gasteiger partial charge is 0.112 e. The Labute approximate surface area is 118 Å². The highest BCUT2D eigenvalue weighted by molar-refractivity contribution is 6.31. The van der Waals surface area contributed by atoms with Crippen molar-refractivity contribution in [2.75, 3.05) is 6.54 Å². The van der Waals surface area contributed by atoms with Crippen LogP contribution in [0.25, 0.3) is 11.0 Å². The minimum absolute atomic E-state index is 0.568. The standard InChI is InChI=1S/C15H20ClN3/c1-19-14-8-12(16)6-7-13(14)18-15(19)11-4-2-10(9-17)3-5-11/h6-8,10-11H,2-5,9,17H2,1H3. The van der Waals surface area contributed by atoms with Crippen LogP contribution in [-0.4, -0.2) is 16.1 Å². The zero-order valence-electron chi connectivity index (χ0n) is 11.3. The minimum Gasteiger partial charge on any atom is -0.331 e. The molecule has 1 aliphatic rings. The summed E-state index contributed by atoms with van der Waals surface area (Å²) in [4.78, 5) is 4.80. The van der Waals surface area contributed by atoms with Gasteiger partial charge in [0.15, 0.2) is 0 Å². The van der Waals surface area contributed by atoms with E-state index < -0.39 is 0 Å². The zero-order valence-corrected chi connectivity index (χ0v) is 12.0. The number of imidazole rings is 1. The summed E-state index contributed by atoms with van der Waals surface area (Å²) in [6.07, 6.45) is 4.86. The van der Waals surface area contributed by atoms with Gasteiger partial charge in [-0.15, -0.1) is 0 Å². The summed E-state index contributed by atoms with van der Waals surface area (Å²) in [7, 11) is 2.09. The van der Waals surface area contributed by atoms with Gasteiger partial charge in [0.25, 0.3) is 0 Å². The van der Waals surface area contributed by atoms with Gasteiger partial charge in [0.1, 0.15) is 5.82 Å². The van der Waals surface area contributed by atoms with Crippen LogP contribution in [0, 0.1) is 5.92 Å². The molecular weight excluding hydrogens is 258 g/mol. The van der Waals surface area contributed by atoms with E-state index in [1.54, 1.807) is 0 Å². The third-order valence-electron chi connectivity index (χ3n) is 4.42. The van der Waals surface area contributed by atoms with Crippen molar-refractivity contribution in [3.05, 3.63) is 29.0 Å². The van der Waals surface area contributed by atoms with E-state index in [9.17, 15) is 0 Å². The molecule has 19 heavy (non-hydrogen) atoms. The molecule has 0 saturated heterocycles. The van der Waals surface area contributed by atoms with E-state index in [0.717, 1.165) is 22.6 Å². The Kier molecular flexibility index (Phi) is 3.50. The number of hydrogen-bond acceptors (Lipinski definition) is 2. The van der Waals surface area contributed by atoms with Crippen molar-refractivity contribution in [1.82, 2.24) is 9.55 Å². The lowest BCUT2D eigenvalue weighted by atomic mass is 9.81. The molecule has 1 aromatic carbocycles. The van der Waals surface area contributed by atoms with E-state index in [4.69, 9.17) is 22.3 Å². The van der Waals surface area contributed by atoms with E-state index in [2.05, 4.69) is 11.6 Å². The molecule has 0 atom stereocenters. The van der Waals surface area contributed by atoms with Gasteiger partial charge in [-0.05, 0) is 56.3 Å². The van der Waals surface area contributed by atoms with Crippen LogP contribution in [0.1, 0.15) is 37.4 Å². The Balaban J connectivity index is 1.91. The molecule has 1 aromatic heterocycles. The molecule has 1 aliphatic carbocycles. The van der Waals surface area contributed by atoms with Gasteiger partial charge in [0, 0.05) is 18.0 Å². The molecule has 2 aromatic rings. The topological polar surface area (TPSA) is 43.8 Å². The second-order valence-corrected chi connectivity index (χ2v) is 6.05. The predicted octanol–water partition coefficient (Wildman–Crippen LogP) is 3.46. The molecule has 1 heterocycles. The van der Waals surface area contributed by atoms with Crippen molar-refractivity contribution in [3.8, 4) is 0 Å². The molecule has 0 spiro atoms. The monoisotopic (exact) mass is 277 g/mol. The number of benzene rings is 1. The van der Waals surface area contributed by atoms with Crippen molar-refractivity contribution in [2.24, 2.45) is 18.7 Å². The van der Waals surface area contributed by atoms with Crippen molar-refractivity contribution in [2.45, 2.75) is 31.6 Å². The Morgan fingerprint density at radius 2 is 2.05 bits per heavy atom. The van der Waals surface area contributed by atoms with Gasteiger partial charge in [-0.25, -0.2) is 4.98 Å². The number of halogens is 1. The van der Waals surface area contributed by atoms with Crippen LogP contribution < -0.4 is 5.73 Å². The third-order valence-corrected chi connectivity index (χ3v) is 4.66. The molecule has 1 fully saturated rings. The molecule has 0 aliphatic heterocycles. The first-order valence-corrected chi connectivity index (χ1v) is 7.38. The number of rotatable bonds is 2. The molecule has 0 unspecified atom stereocenters. The number of aryl methyl sites for hydroxylation is 1. The molecule has 102 valence electrons. The highest BCUT2D eigenvalue weighted by Gasteiger charge is 2.25. The summed E-state index contributed by atoms with van der Waals surface area (Å²) in [5.74, 6) is 2.48. The van der Waals surface area contributed by atoms with E-state index in [1.165, 1.54) is 31.5 Å². The molecule has 3 nitrogen and oxygen atoms in total. The maximum absolute atomic E-state index is 6.07. The lowest BCUT2D eigenvalue weighted by Crippen LogP contribution is -2.21. The highest BCUT2D eigenvalue weighted by Crippen LogP contribution is 2.36. The first kappa shape index (κ1) is 12.9. The van der Waals surface area contributed by atoms with Crippen molar-refractivity contribution >= 4 is 22.6 Å². The molecule has 2 N–H and O–H groups in total. The minimum atomic E-state index is 0.568. The molecule has 4 heteroatoms. The van der Waals surface area contributed by atoms with Crippen molar-refractivity contribution in [1.29, 1.82) is 0 Å². The lowest BCUT2D eigenvalue weighted by molar-refractivity contribution is 0.323. The quantitative estimate of drug-likeness (QED) is 0.914. The molecule has 0 radical (unpaired) electrons. The van der Waals surface area contributed by atoms with Gasteiger partial charge < -0.3 is 10.3 Å². The Hall–Kier alpha value is -1.06. The SMILES string of the molecule is Cn1c(C2CCC(CN)CC2)nc2ccc(Cl)cc21. The van der Waals surface area contributed by atoms with Gasteiger partial charge in [-0.1, -0.05) is 11.6 Å². The van der Waals surface area contributed by atoms with Crippen LogP contribution in [0.5, 0.6) is 0 Å². The second-order valence-electron chi connectivity index (χ2n) is 5.62. The summed E-state index contributed by atoms with van der Waals surface area (Å²) >= 11 is 6.07. The van der Waals surface area contributed by atoms with Gasteiger partial charge in [0.2, 0.25) is 0 Å². The van der Waals surface area contributed by atoms with Crippen LogP contribution in [-0.2, 0) is 7.05 Å². The van der Waals surface area contributed by atoms with Gasteiger partial charge >= 0.3 is 0 Å².